The van der Waals surface area contributed by atoms with Crippen LogP contribution in [0.3, 0.4) is 0 Å². The first-order valence-electron chi connectivity index (χ1n) is 22.6. The third-order valence-electron chi connectivity index (χ3n) is 14.3. The number of aromatic nitrogens is 3. The maximum absolute atomic E-state index is 15.7. The third kappa shape index (κ3) is 7.78. The van der Waals surface area contributed by atoms with Crippen molar-refractivity contribution >= 4 is 48.0 Å². The highest BCUT2D eigenvalue weighted by Crippen LogP contribution is 2.60. The fraction of sp³-hybridized carbons (Fsp3) is 0.420. The van der Waals surface area contributed by atoms with Crippen molar-refractivity contribution in [1.29, 1.82) is 0 Å². The minimum atomic E-state index is -2.46. The summed E-state index contributed by atoms with van der Waals surface area (Å²) < 4.78 is 14.9. The van der Waals surface area contributed by atoms with E-state index in [4.69, 9.17) is 9.47 Å². The smallest absolute Gasteiger partial charge is 0.264 e. The van der Waals surface area contributed by atoms with E-state index in [1.807, 2.05) is 104 Å². The van der Waals surface area contributed by atoms with Gasteiger partial charge < -0.3 is 29.3 Å². The number of rotatable bonds is 13. The zero-order chi connectivity index (χ0) is 43.9. The molecule has 63 heavy (non-hydrogen) atoms. The molecule has 4 aliphatic heterocycles. The van der Waals surface area contributed by atoms with Crippen molar-refractivity contribution in [3.05, 3.63) is 126 Å². The van der Waals surface area contributed by atoms with Crippen molar-refractivity contribution in [2.24, 2.45) is 5.92 Å². The quantitative estimate of drug-likeness (QED) is 0.122. The van der Waals surface area contributed by atoms with Crippen LogP contribution in [0.2, 0.25) is 18.6 Å². The first kappa shape index (κ1) is 42.7. The largest absolute Gasteiger partial charge is 0.497 e. The van der Waals surface area contributed by atoms with Gasteiger partial charge in [-0.15, -0.1) is 5.10 Å². The van der Waals surface area contributed by atoms with Crippen LogP contribution in [0.5, 0.6) is 5.75 Å². The fourth-order valence-corrected chi connectivity index (χ4v) is 15.0. The molecule has 3 amide bonds. The molecule has 1 N–H and O–H groups in total. The monoisotopic (exact) mass is 866 g/mol. The summed E-state index contributed by atoms with van der Waals surface area (Å²) in [6.07, 6.45) is 6.90. The van der Waals surface area contributed by atoms with E-state index in [1.54, 1.807) is 7.11 Å². The molecule has 4 aromatic carbocycles. The van der Waals surface area contributed by atoms with Crippen LogP contribution in [0.4, 0.5) is 17.1 Å². The van der Waals surface area contributed by atoms with Gasteiger partial charge in [-0.2, -0.15) is 0 Å². The van der Waals surface area contributed by atoms with Crippen molar-refractivity contribution in [1.82, 2.24) is 15.0 Å². The number of fused-ring (bicyclic) bond motifs is 2. The summed E-state index contributed by atoms with van der Waals surface area (Å²) in [5.74, 6) is 0.374. The van der Waals surface area contributed by atoms with E-state index in [1.165, 1.54) is 5.19 Å². The number of carbonyl (C=O) groups is 3. The number of benzene rings is 4. The summed E-state index contributed by atoms with van der Waals surface area (Å²) in [6, 6.07) is 32.3. The van der Waals surface area contributed by atoms with Crippen molar-refractivity contribution in [2.45, 2.75) is 101 Å². The Morgan fingerprint density at radius 3 is 2.17 bits per heavy atom. The Kier molecular flexibility index (Phi) is 11.8. The highest BCUT2D eigenvalue weighted by molar-refractivity contribution is 6.91. The van der Waals surface area contributed by atoms with Gasteiger partial charge in [0.05, 0.1) is 51.7 Å². The number of ether oxygens (including phenoxy) is 2. The second kappa shape index (κ2) is 17.5. The molecule has 13 heteroatoms. The normalized spacial score (nSPS) is 23.2. The lowest BCUT2D eigenvalue weighted by Crippen LogP contribution is -2.51. The van der Waals surface area contributed by atoms with Crippen molar-refractivity contribution in [2.75, 3.05) is 41.5 Å². The van der Waals surface area contributed by atoms with Gasteiger partial charge in [0.1, 0.15) is 5.75 Å². The van der Waals surface area contributed by atoms with E-state index >= 15 is 4.79 Å². The summed E-state index contributed by atoms with van der Waals surface area (Å²) in [4.78, 5) is 47.4. The van der Waals surface area contributed by atoms with E-state index < -0.39 is 13.7 Å². The summed E-state index contributed by atoms with van der Waals surface area (Å²) in [6.45, 7) is 9.01. The van der Waals surface area contributed by atoms with Crippen LogP contribution >= 0.6 is 0 Å². The van der Waals surface area contributed by atoms with Gasteiger partial charge in [-0.05, 0) is 91.2 Å². The van der Waals surface area contributed by atoms with Crippen molar-refractivity contribution in [3.8, 4) is 5.75 Å². The van der Waals surface area contributed by atoms with Gasteiger partial charge in [0, 0.05) is 61.5 Å². The molecule has 4 aliphatic rings. The molecule has 1 unspecified atom stereocenters. The maximum atomic E-state index is 15.7. The SMILES string of the molecule is COc1ccc([Si](C)(C)[C@H]2[C@H](CCn3cc(C(CO)c4ccccc4)nn3)O[C@@]3(C(=O)N(Cc4ccc(N5CCCCC5=O)cc4)c4ccc(N5CCCCC5=O)cc43)[C@@H]2C)cc1. The van der Waals surface area contributed by atoms with Gasteiger partial charge in [0.15, 0.2) is 5.60 Å². The Hall–Kier alpha value is -5.63. The molecule has 5 heterocycles. The minimum Gasteiger partial charge on any atom is -0.497 e. The molecule has 3 saturated heterocycles. The first-order valence-corrected chi connectivity index (χ1v) is 25.7. The lowest BCUT2D eigenvalue weighted by molar-refractivity contribution is -0.146. The number of methoxy groups -OCH3 is 1. The molecule has 0 radical (unpaired) electrons. The lowest BCUT2D eigenvalue weighted by atomic mass is 9.82. The minimum absolute atomic E-state index is 0.0122. The van der Waals surface area contributed by atoms with Crippen LogP contribution in [0, 0.1) is 5.92 Å². The molecule has 0 aliphatic carbocycles. The standard InChI is InChI=1S/C50H58N6O6Si/c1-34-48(63(3,4)40-23-21-39(61-2)22-24-40)45(26-29-53-32-43(51-52-53)41(33-57)36-12-6-5-7-13-36)62-50(34)42-30-38(55-28-11-9-15-47(55)59)20-25-44(42)56(49(50)60)31-35-16-18-37(19-17-35)54-27-10-8-14-46(54)58/h5-7,12-13,16-25,30,32,34,41,45,48,57H,8-11,14-15,26-29,31,33H2,1-4H3/t34-,41?,45+,48-,50+/m1/s1. The number of aryl methyl sites for hydroxylation is 1. The lowest BCUT2D eigenvalue weighted by Gasteiger charge is -2.37. The van der Waals surface area contributed by atoms with Crippen LogP contribution in [0.25, 0.3) is 0 Å². The Balaban J connectivity index is 1.09. The van der Waals surface area contributed by atoms with Gasteiger partial charge in [-0.25, -0.2) is 0 Å². The predicted molar refractivity (Wildman–Crippen MR) is 246 cm³/mol. The summed E-state index contributed by atoms with van der Waals surface area (Å²) in [5.41, 5.74) is 4.52. The molecule has 0 saturated carbocycles. The van der Waals surface area contributed by atoms with Crippen molar-refractivity contribution in [3.63, 3.8) is 0 Å². The van der Waals surface area contributed by atoms with E-state index in [2.05, 4.69) is 48.5 Å². The fourth-order valence-electron chi connectivity index (χ4n) is 10.9. The molecule has 12 nitrogen and oxygen atoms in total. The zero-order valence-corrected chi connectivity index (χ0v) is 37.8. The van der Waals surface area contributed by atoms with Crippen LogP contribution in [-0.4, -0.2) is 78.8 Å². The molecule has 9 rings (SSSR count). The molecule has 5 aromatic rings. The second-order valence-corrected chi connectivity index (χ2v) is 22.9. The Labute approximate surface area is 370 Å². The Morgan fingerprint density at radius 2 is 1.52 bits per heavy atom. The average molecular weight is 867 g/mol. The average Bonchev–Trinajstić information content (AvgIpc) is 3.96. The predicted octanol–water partition coefficient (Wildman–Crippen LogP) is 7.30. The van der Waals surface area contributed by atoms with Crippen LogP contribution in [-0.2, 0) is 37.8 Å². The Morgan fingerprint density at radius 1 is 0.857 bits per heavy atom. The molecule has 0 bridgehead atoms. The number of carbonyl (C=O) groups excluding carboxylic acids is 3. The van der Waals surface area contributed by atoms with E-state index in [9.17, 15) is 14.7 Å². The van der Waals surface area contributed by atoms with Gasteiger partial charge in [0.2, 0.25) is 11.8 Å². The summed E-state index contributed by atoms with van der Waals surface area (Å²) in [7, 11) is -0.788. The number of aliphatic hydroxyl groups is 1. The van der Waals surface area contributed by atoms with Gasteiger partial charge in [-0.1, -0.05) is 85.0 Å². The van der Waals surface area contributed by atoms with E-state index in [-0.39, 0.29) is 47.8 Å². The third-order valence-corrected chi connectivity index (χ3v) is 18.7. The number of anilines is 3. The molecule has 1 aromatic heterocycles. The molecular weight excluding hydrogens is 809 g/mol. The summed E-state index contributed by atoms with van der Waals surface area (Å²) in [5, 5.41) is 20.7. The molecule has 5 atom stereocenters. The number of piperidine rings is 2. The topological polar surface area (TPSA) is 130 Å². The zero-order valence-electron chi connectivity index (χ0n) is 36.8. The highest BCUT2D eigenvalue weighted by atomic mass is 28.3. The molecule has 328 valence electrons. The first-order chi connectivity index (χ1) is 30.5. The number of hydrogen-bond acceptors (Lipinski definition) is 8. The highest BCUT2D eigenvalue weighted by Gasteiger charge is 2.66. The van der Waals surface area contributed by atoms with Crippen molar-refractivity contribution < 1.29 is 29.0 Å². The van der Waals surface area contributed by atoms with Gasteiger partial charge >= 0.3 is 0 Å². The number of nitrogens with zero attached hydrogens (tertiary/aromatic N) is 6. The van der Waals surface area contributed by atoms with Crippen LogP contribution in [0.15, 0.2) is 103 Å². The Bertz CT molecular complexity index is 2460. The molecule has 1 spiro atoms. The van der Waals surface area contributed by atoms with Crippen LogP contribution < -0.4 is 24.6 Å². The number of aliphatic hydroxyl groups excluding tert-OH is 1. The van der Waals surface area contributed by atoms with Gasteiger partial charge in [-0.3, -0.25) is 19.1 Å². The molecular formula is C50H58N6O6Si. The van der Waals surface area contributed by atoms with Crippen LogP contribution in [0.1, 0.15) is 80.2 Å². The molecule has 3 fully saturated rings. The second-order valence-electron chi connectivity index (χ2n) is 18.3. The van der Waals surface area contributed by atoms with E-state index in [0.717, 1.165) is 65.2 Å². The maximum Gasteiger partial charge on any atom is 0.264 e. The van der Waals surface area contributed by atoms with Gasteiger partial charge in [0.25, 0.3) is 5.91 Å². The van der Waals surface area contributed by atoms with E-state index in [0.29, 0.717) is 51.1 Å². The number of hydrogen-bond donors (Lipinski definition) is 1. The summed E-state index contributed by atoms with van der Waals surface area (Å²) >= 11 is 0. The number of amides is 3.